The van der Waals surface area contributed by atoms with Crippen LogP contribution in [0, 0.1) is 18.3 Å². The van der Waals surface area contributed by atoms with E-state index in [-0.39, 0.29) is 5.57 Å². The van der Waals surface area contributed by atoms with Gasteiger partial charge in [0.05, 0.1) is 7.11 Å². The van der Waals surface area contributed by atoms with Gasteiger partial charge in [0, 0.05) is 22.8 Å². The Labute approximate surface area is 126 Å². The van der Waals surface area contributed by atoms with Crippen LogP contribution in [0.2, 0.25) is 0 Å². The number of methoxy groups -OCH3 is 1. The van der Waals surface area contributed by atoms with Crippen molar-refractivity contribution in [1.82, 2.24) is 10.3 Å². The highest BCUT2D eigenvalue weighted by Crippen LogP contribution is 2.27. The maximum Gasteiger partial charge on any atom is 0.261 e. The fraction of sp³-hybridized carbons (Fsp3) is 0.357. The molecule has 1 rings (SSSR count). The first kappa shape index (κ1) is 16.2. The third kappa shape index (κ3) is 3.81. The number of nitrogens with zero attached hydrogens (tertiary/aromatic N) is 2. The maximum absolute atomic E-state index is 11.9. The summed E-state index contributed by atoms with van der Waals surface area (Å²) in [6.45, 7) is 4.34. The third-order valence-electron chi connectivity index (χ3n) is 2.67. The van der Waals surface area contributed by atoms with E-state index in [1.165, 1.54) is 13.2 Å². The van der Waals surface area contributed by atoms with Gasteiger partial charge in [-0.1, -0.05) is 6.92 Å². The van der Waals surface area contributed by atoms with E-state index in [2.05, 4.69) is 26.2 Å². The van der Waals surface area contributed by atoms with Gasteiger partial charge in [0.25, 0.3) is 5.91 Å². The van der Waals surface area contributed by atoms with E-state index in [9.17, 15) is 4.79 Å². The topological polar surface area (TPSA) is 75.0 Å². The molecular formula is C14H16BrN3O2. The lowest BCUT2D eigenvalue weighted by atomic mass is 10.1. The van der Waals surface area contributed by atoms with Gasteiger partial charge in [0.1, 0.15) is 11.6 Å². The van der Waals surface area contributed by atoms with Crippen molar-refractivity contribution in [2.75, 3.05) is 13.7 Å². The molecule has 0 spiro atoms. The molecule has 1 amide bonds. The van der Waals surface area contributed by atoms with Gasteiger partial charge in [0.2, 0.25) is 5.88 Å². The van der Waals surface area contributed by atoms with Crippen LogP contribution < -0.4 is 10.1 Å². The first-order chi connectivity index (χ1) is 9.54. The number of amides is 1. The Morgan fingerprint density at radius 1 is 1.65 bits per heavy atom. The molecule has 0 saturated carbocycles. The molecule has 0 saturated heterocycles. The van der Waals surface area contributed by atoms with Crippen molar-refractivity contribution >= 4 is 27.9 Å². The number of ether oxygens (including phenoxy) is 1. The molecule has 0 aliphatic rings. The van der Waals surface area contributed by atoms with Gasteiger partial charge >= 0.3 is 0 Å². The molecule has 106 valence electrons. The fourth-order valence-electron chi connectivity index (χ4n) is 1.53. The van der Waals surface area contributed by atoms with Crippen LogP contribution in [0.5, 0.6) is 5.88 Å². The van der Waals surface area contributed by atoms with Crippen LogP contribution in [0.1, 0.15) is 24.5 Å². The fourth-order valence-corrected chi connectivity index (χ4v) is 1.85. The minimum absolute atomic E-state index is 0.0275. The van der Waals surface area contributed by atoms with E-state index in [1.807, 2.05) is 19.9 Å². The van der Waals surface area contributed by atoms with Gasteiger partial charge in [-0.05, 0) is 40.9 Å². The summed E-state index contributed by atoms with van der Waals surface area (Å²) >= 11 is 3.37. The molecule has 0 unspecified atom stereocenters. The van der Waals surface area contributed by atoms with Crippen LogP contribution in [0.25, 0.3) is 6.08 Å². The molecule has 20 heavy (non-hydrogen) atoms. The predicted molar refractivity (Wildman–Crippen MR) is 80.1 cm³/mol. The average molecular weight is 338 g/mol. The number of pyridine rings is 1. The monoisotopic (exact) mass is 337 g/mol. The molecule has 5 nitrogen and oxygen atoms in total. The van der Waals surface area contributed by atoms with Gasteiger partial charge in [-0.15, -0.1) is 0 Å². The molecule has 1 heterocycles. The highest BCUT2D eigenvalue weighted by Gasteiger charge is 2.14. The number of halogens is 1. The van der Waals surface area contributed by atoms with Crippen molar-refractivity contribution in [2.24, 2.45) is 0 Å². The summed E-state index contributed by atoms with van der Waals surface area (Å²) < 4.78 is 5.96. The highest BCUT2D eigenvalue weighted by atomic mass is 79.9. The lowest BCUT2D eigenvalue weighted by Crippen LogP contribution is -2.25. The summed E-state index contributed by atoms with van der Waals surface area (Å²) in [5.41, 5.74) is 1.50. The summed E-state index contributed by atoms with van der Waals surface area (Å²) in [6, 6.07) is 1.91. The van der Waals surface area contributed by atoms with Gasteiger partial charge in [0.15, 0.2) is 0 Å². The normalized spacial score (nSPS) is 10.8. The van der Waals surface area contributed by atoms with Crippen molar-refractivity contribution in [2.45, 2.75) is 20.3 Å². The van der Waals surface area contributed by atoms with Crippen molar-refractivity contribution in [1.29, 1.82) is 5.26 Å². The predicted octanol–water partition coefficient (Wildman–Crippen LogP) is 2.59. The number of hydrogen-bond donors (Lipinski definition) is 1. The molecule has 0 aromatic carbocycles. The largest absolute Gasteiger partial charge is 0.481 e. The number of carbonyl (C=O) groups is 1. The molecule has 0 aliphatic heterocycles. The molecule has 0 fully saturated rings. The van der Waals surface area contributed by atoms with Crippen LogP contribution >= 0.6 is 15.9 Å². The van der Waals surface area contributed by atoms with Crippen molar-refractivity contribution < 1.29 is 9.53 Å². The summed E-state index contributed by atoms with van der Waals surface area (Å²) in [4.78, 5) is 16.0. The third-order valence-corrected chi connectivity index (χ3v) is 3.47. The van der Waals surface area contributed by atoms with Crippen LogP contribution in [0.3, 0.4) is 0 Å². The van der Waals surface area contributed by atoms with Gasteiger partial charge < -0.3 is 10.1 Å². The Hall–Kier alpha value is -1.87. The number of rotatable bonds is 5. The lowest BCUT2D eigenvalue weighted by Gasteiger charge is -2.09. The Morgan fingerprint density at radius 3 is 2.90 bits per heavy atom. The Kier molecular flexibility index (Phi) is 6.19. The molecule has 0 atom stereocenters. The first-order valence-electron chi connectivity index (χ1n) is 6.14. The molecule has 1 N–H and O–H groups in total. The number of carbonyl (C=O) groups excluding carboxylic acids is 1. The quantitative estimate of drug-likeness (QED) is 0.661. The van der Waals surface area contributed by atoms with E-state index in [1.54, 1.807) is 6.20 Å². The molecule has 0 aliphatic carbocycles. The number of aromatic nitrogens is 1. The second-order valence-corrected chi connectivity index (χ2v) is 4.93. The zero-order chi connectivity index (χ0) is 15.1. The zero-order valence-corrected chi connectivity index (χ0v) is 13.2. The molecule has 0 bridgehead atoms. The van der Waals surface area contributed by atoms with Crippen molar-refractivity contribution in [3.05, 3.63) is 27.4 Å². The van der Waals surface area contributed by atoms with E-state index in [0.717, 1.165) is 16.5 Å². The van der Waals surface area contributed by atoms with E-state index in [0.29, 0.717) is 18.0 Å². The summed E-state index contributed by atoms with van der Waals surface area (Å²) in [6.07, 6.45) is 3.93. The second kappa shape index (κ2) is 7.65. The van der Waals surface area contributed by atoms with Crippen LogP contribution in [0.4, 0.5) is 0 Å². The van der Waals surface area contributed by atoms with Gasteiger partial charge in [-0.3, -0.25) is 4.79 Å². The molecular weight excluding hydrogens is 322 g/mol. The number of nitriles is 1. The molecule has 0 radical (unpaired) electrons. The molecule has 1 aromatic heterocycles. The first-order valence-corrected chi connectivity index (χ1v) is 6.93. The van der Waals surface area contributed by atoms with Crippen LogP contribution in [-0.4, -0.2) is 24.5 Å². The summed E-state index contributed by atoms with van der Waals surface area (Å²) in [5, 5.41) is 11.8. The van der Waals surface area contributed by atoms with Gasteiger partial charge in [-0.25, -0.2) is 4.98 Å². The average Bonchev–Trinajstić information content (AvgIpc) is 2.46. The Morgan fingerprint density at radius 2 is 2.35 bits per heavy atom. The van der Waals surface area contributed by atoms with Crippen LogP contribution in [0.15, 0.2) is 16.2 Å². The standard InChI is InChI=1S/C14H16BrN3O2/c1-4-5-17-13(19)10(7-16)6-11-9(2)12(15)8-18-14(11)20-3/h6,8H,4-5H2,1-3H3,(H,17,19)/b10-6+. The second-order valence-electron chi connectivity index (χ2n) is 4.08. The Bertz CT molecular complexity index is 577. The highest BCUT2D eigenvalue weighted by molar-refractivity contribution is 9.10. The van der Waals surface area contributed by atoms with E-state index in [4.69, 9.17) is 10.00 Å². The van der Waals surface area contributed by atoms with E-state index >= 15 is 0 Å². The summed E-state index contributed by atoms with van der Waals surface area (Å²) in [5.74, 6) is -0.0162. The minimum Gasteiger partial charge on any atom is -0.481 e. The molecule has 1 aromatic rings. The lowest BCUT2D eigenvalue weighted by molar-refractivity contribution is -0.117. The Balaban J connectivity index is 3.23. The smallest absolute Gasteiger partial charge is 0.261 e. The molecule has 6 heteroatoms. The zero-order valence-electron chi connectivity index (χ0n) is 11.7. The SMILES string of the molecule is CCCNC(=O)/C(C#N)=C/c1c(OC)ncc(Br)c1C. The van der Waals surface area contributed by atoms with Crippen molar-refractivity contribution in [3.8, 4) is 11.9 Å². The van der Waals surface area contributed by atoms with Crippen molar-refractivity contribution in [3.63, 3.8) is 0 Å². The van der Waals surface area contributed by atoms with E-state index < -0.39 is 5.91 Å². The number of nitrogens with one attached hydrogen (secondary N) is 1. The van der Waals surface area contributed by atoms with Crippen LogP contribution in [-0.2, 0) is 4.79 Å². The number of hydrogen-bond acceptors (Lipinski definition) is 4. The minimum atomic E-state index is -0.393. The maximum atomic E-state index is 11.9. The van der Waals surface area contributed by atoms with Gasteiger partial charge in [-0.2, -0.15) is 5.26 Å². The summed E-state index contributed by atoms with van der Waals surface area (Å²) in [7, 11) is 1.50.